The summed E-state index contributed by atoms with van der Waals surface area (Å²) in [6, 6.07) is 0. The van der Waals surface area contributed by atoms with Crippen LogP contribution in [0.2, 0.25) is 0 Å². The third-order valence-electron chi connectivity index (χ3n) is 1.45. The Kier molecular flexibility index (Phi) is 7.02. The monoisotopic (exact) mass is 236 g/mol. The van der Waals surface area contributed by atoms with E-state index in [0.29, 0.717) is 0 Å². The SMILES string of the molecule is COC(=O)OCC(C)OC(=O)OC(C)CO. The molecule has 2 atom stereocenters. The third-order valence-corrected chi connectivity index (χ3v) is 1.45. The molecular formula is C9H16O7. The molecule has 0 aromatic rings. The Balaban J connectivity index is 3.74. The molecule has 0 rings (SSSR count). The van der Waals surface area contributed by atoms with Crippen molar-refractivity contribution in [3.63, 3.8) is 0 Å². The van der Waals surface area contributed by atoms with E-state index in [0.717, 1.165) is 0 Å². The van der Waals surface area contributed by atoms with Crippen LogP contribution in [0, 0.1) is 0 Å². The van der Waals surface area contributed by atoms with Gasteiger partial charge in [-0.15, -0.1) is 0 Å². The van der Waals surface area contributed by atoms with Gasteiger partial charge >= 0.3 is 12.3 Å². The largest absolute Gasteiger partial charge is 0.509 e. The highest BCUT2D eigenvalue weighted by Gasteiger charge is 2.15. The van der Waals surface area contributed by atoms with E-state index in [9.17, 15) is 9.59 Å². The quantitative estimate of drug-likeness (QED) is 0.702. The van der Waals surface area contributed by atoms with E-state index in [1.807, 2.05) is 0 Å². The summed E-state index contributed by atoms with van der Waals surface area (Å²) in [4.78, 5) is 21.6. The Morgan fingerprint density at radius 2 is 1.69 bits per heavy atom. The number of ether oxygens (including phenoxy) is 4. The minimum Gasteiger partial charge on any atom is -0.438 e. The van der Waals surface area contributed by atoms with Gasteiger partial charge in [-0.1, -0.05) is 0 Å². The molecule has 0 aliphatic carbocycles. The fourth-order valence-electron chi connectivity index (χ4n) is 0.672. The van der Waals surface area contributed by atoms with E-state index in [-0.39, 0.29) is 13.2 Å². The van der Waals surface area contributed by atoms with Gasteiger partial charge in [0.2, 0.25) is 0 Å². The molecular weight excluding hydrogens is 220 g/mol. The zero-order valence-electron chi connectivity index (χ0n) is 9.47. The van der Waals surface area contributed by atoms with Gasteiger partial charge in [0, 0.05) is 0 Å². The first kappa shape index (κ1) is 14.5. The van der Waals surface area contributed by atoms with Gasteiger partial charge < -0.3 is 24.1 Å². The van der Waals surface area contributed by atoms with Gasteiger partial charge in [-0.05, 0) is 13.8 Å². The van der Waals surface area contributed by atoms with Crippen LogP contribution in [0.5, 0.6) is 0 Å². The van der Waals surface area contributed by atoms with Gasteiger partial charge in [0.15, 0.2) is 0 Å². The molecule has 0 aromatic carbocycles. The maximum Gasteiger partial charge on any atom is 0.509 e. The molecule has 1 N–H and O–H groups in total. The lowest BCUT2D eigenvalue weighted by atomic mass is 10.4. The number of rotatable bonds is 5. The number of carbonyl (C=O) groups excluding carboxylic acids is 2. The maximum atomic E-state index is 11.0. The number of hydrogen-bond donors (Lipinski definition) is 1. The molecule has 7 heteroatoms. The van der Waals surface area contributed by atoms with Gasteiger partial charge in [0.1, 0.15) is 18.8 Å². The molecule has 0 aliphatic rings. The number of aliphatic hydroxyl groups is 1. The van der Waals surface area contributed by atoms with Crippen molar-refractivity contribution in [1.82, 2.24) is 0 Å². The standard InChI is InChI=1S/C9H16O7/c1-6(4-10)15-9(12)16-7(2)5-14-8(11)13-3/h6-7,10H,4-5H2,1-3H3. The van der Waals surface area contributed by atoms with Crippen molar-refractivity contribution in [3.8, 4) is 0 Å². The van der Waals surface area contributed by atoms with Crippen LogP contribution in [0.15, 0.2) is 0 Å². The summed E-state index contributed by atoms with van der Waals surface area (Å²) >= 11 is 0. The Labute approximate surface area is 93.2 Å². The molecule has 0 aliphatic heterocycles. The molecule has 0 aromatic heterocycles. The smallest absolute Gasteiger partial charge is 0.438 e. The lowest BCUT2D eigenvalue weighted by molar-refractivity contribution is -0.0275. The van der Waals surface area contributed by atoms with Crippen LogP contribution in [0.25, 0.3) is 0 Å². The molecule has 0 saturated heterocycles. The molecule has 0 heterocycles. The van der Waals surface area contributed by atoms with Crippen LogP contribution in [0.4, 0.5) is 9.59 Å². The normalized spacial score (nSPS) is 13.5. The van der Waals surface area contributed by atoms with E-state index in [4.69, 9.17) is 9.84 Å². The summed E-state index contributed by atoms with van der Waals surface area (Å²) < 4.78 is 18.1. The molecule has 0 saturated carbocycles. The van der Waals surface area contributed by atoms with E-state index in [1.54, 1.807) is 0 Å². The van der Waals surface area contributed by atoms with Gasteiger partial charge in [0.25, 0.3) is 0 Å². The molecule has 94 valence electrons. The highest BCUT2D eigenvalue weighted by atomic mass is 16.8. The van der Waals surface area contributed by atoms with Crippen LogP contribution in [0.1, 0.15) is 13.8 Å². The summed E-state index contributed by atoms with van der Waals surface area (Å²) in [5.41, 5.74) is 0. The van der Waals surface area contributed by atoms with Crippen molar-refractivity contribution >= 4 is 12.3 Å². The Bertz CT molecular complexity index is 228. The molecule has 0 amide bonds. The van der Waals surface area contributed by atoms with Crippen molar-refractivity contribution in [2.75, 3.05) is 20.3 Å². The summed E-state index contributed by atoms with van der Waals surface area (Å²) in [5.74, 6) is 0. The second-order valence-electron chi connectivity index (χ2n) is 3.05. The molecule has 0 radical (unpaired) electrons. The highest BCUT2D eigenvalue weighted by molar-refractivity contribution is 5.61. The second-order valence-corrected chi connectivity index (χ2v) is 3.05. The van der Waals surface area contributed by atoms with E-state index < -0.39 is 24.5 Å². The average Bonchev–Trinajstić information content (AvgIpc) is 2.25. The van der Waals surface area contributed by atoms with Crippen molar-refractivity contribution in [2.45, 2.75) is 26.1 Å². The number of hydrogen-bond acceptors (Lipinski definition) is 7. The first-order valence-electron chi connectivity index (χ1n) is 4.68. The van der Waals surface area contributed by atoms with Crippen LogP contribution in [0.3, 0.4) is 0 Å². The zero-order chi connectivity index (χ0) is 12.6. The van der Waals surface area contributed by atoms with E-state index >= 15 is 0 Å². The topological polar surface area (TPSA) is 91.3 Å². The predicted octanol–water partition coefficient (Wildman–Crippen LogP) is 0.692. The average molecular weight is 236 g/mol. The molecule has 16 heavy (non-hydrogen) atoms. The Hall–Kier alpha value is -1.50. The van der Waals surface area contributed by atoms with Crippen LogP contribution < -0.4 is 0 Å². The summed E-state index contributed by atoms with van der Waals surface area (Å²) in [6.07, 6.45) is -3.08. The first-order valence-corrected chi connectivity index (χ1v) is 4.68. The number of carbonyl (C=O) groups is 2. The van der Waals surface area contributed by atoms with Gasteiger partial charge in [-0.25, -0.2) is 9.59 Å². The summed E-state index contributed by atoms with van der Waals surface area (Å²) in [6.45, 7) is 2.61. The van der Waals surface area contributed by atoms with Crippen LogP contribution >= 0.6 is 0 Å². The van der Waals surface area contributed by atoms with Crippen LogP contribution in [-0.2, 0) is 18.9 Å². The van der Waals surface area contributed by atoms with Crippen molar-refractivity contribution in [3.05, 3.63) is 0 Å². The van der Waals surface area contributed by atoms with Crippen molar-refractivity contribution < 1.29 is 33.6 Å². The lowest BCUT2D eigenvalue weighted by Gasteiger charge is -2.15. The fraction of sp³-hybridized carbons (Fsp3) is 0.778. The molecule has 0 fully saturated rings. The number of methoxy groups -OCH3 is 1. The maximum absolute atomic E-state index is 11.0. The summed E-state index contributed by atoms with van der Waals surface area (Å²) in [7, 11) is 1.17. The minimum absolute atomic E-state index is 0.130. The highest BCUT2D eigenvalue weighted by Crippen LogP contribution is 1.99. The van der Waals surface area contributed by atoms with E-state index in [2.05, 4.69) is 14.2 Å². The van der Waals surface area contributed by atoms with Gasteiger partial charge in [0.05, 0.1) is 13.7 Å². The first-order chi connectivity index (χ1) is 7.49. The predicted molar refractivity (Wildman–Crippen MR) is 51.9 cm³/mol. The molecule has 7 nitrogen and oxygen atoms in total. The number of aliphatic hydroxyl groups excluding tert-OH is 1. The third kappa shape index (κ3) is 6.88. The van der Waals surface area contributed by atoms with Gasteiger partial charge in [-0.2, -0.15) is 0 Å². The van der Waals surface area contributed by atoms with E-state index in [1.165, 1.54) is 21.0 Å². The molecule has 2 unspecified atom stereocenters. The van der Waals surface area contributed by atoms with Crippen molar-refractivity contribution in [2.24, 2.45) is 0 Å². The minimum atomic E-state index is -0.928. The summed E-state index contributed by atoms with van der Waals surface area (Å²) in [5, 5.41) is 8.61. The Morgan fingerprint density at radius 3 is 2.19 bits per heavy atom. The van der Waals surface area contributed by atoms with Crippen LogP contribution in [-0.4, -0.2) is 49.9 Å². The lowest BCUT2D eigenvalue weighted by Crippen LogP contribution is -2.26. The van der Waals surface area contributed by atoms with Gasteiger partial charge in [-0.3, -0.25) is 0 Å². The second kappa shape index (κ2) is 7.75. The Morgan fingerprint density at radius 1 is 1.12 bits per heavy atom. The molecule has 0 spiro atoms. The zero-order valence-corrected chi connectivity index (χ0v) is 9.47. The fourth-order valence-corrected chi connectivity index (χ4v) is 0.672. The van der Waals surface area contributed by atoms with Crippen molar-refractivity contribution in [1.29, 1.82) is 0 Å². The molecule has 0 bridgehead atoms.